The zero-order valence-electron chi connectivity index (χ0n) is 13.3. The first-order valence-electron chi connectivity index (χ1n) is 8.00. The van der Waals surface area contributed by atoms with E-state index in [4.69, 9.17) is 17.3 Å². The summed E-state index contributed by atoms with van der Waals surface area (Å²) >= 11 is 5.95. The molecule has 0 amide bonds. The van der Waals surface area contributed by atoms with Gasteiger partial charge in [0.05, 0.1) is 10.7 Å². The predicted octanol–water partition coefficient (Wildman–Crippen LogP) is 4.39. The standard InChI is InChI=1S/C19H21ClN2O/c1-13-8-10-22(11-9-13)18-5-3-2-4-15(18)19(23)14-6-7-16(20)17(21)12-14/h2-7,12-13H,8-11,21H2,1H3. The summed E-state index contributed by atoms with van der Waals surface area (Å²) in [7, 11) is 0. The number of para-hydroxylation sites is 1. The maximum Gasteiger partial charge on any atom is 0.195 e. The number of piperidine rings is 1. The van der Waals surface area contributed by atoms with Gasteiger partial charge in [-0.2, -0.15) is 0 Å². The van der Waals surface area contributed by atoms with E-state index in [1.807, 2.05) is 24.3 Å². The third-order valence-electron chi connectivity index (χ3n) is 4.53. The Morgan fingerprint density at radius 1 is 1.17 bits per heavy atom. The van der Waals surface area contributed by atoms with Gasteiger partial charge < -0.3 is 10.6 Å². The van der Waals surface area contributed by atoms with E-state index in [-0.39, 0.29) is 5.78 Å². The lowest BCUT2D eigenvalue weighted by molar-refractivity contribution is 0.103. The zero-order chi connectivity index (χ0) is 16.4. The molecule has 0 aromatic heterocycles. The zero-order valence-corrected chi connectivity index (χ0v) is 14.0. The average molecular weight is 329 g/mol. The van der Waals surface area contributed by atoms with Crippen molar-refractivity contribution in [2.75, 3.05) is 23.7 Å². The molecule has 1 fully saturated rings. The highest BCUT2D eigenvalue weighted by atomic mass is 35.5. The van der Waals surface area contributed by atoms with E-state index in [0.717, 1.165) is 43.1 Å². The van der Waals surface area contributed by atoms with Crippen LogP contribution in [-0.4, -0.2) is 18.9 Å². The minimum absolute atomic E-state index is 0.0115. The van der Waals surface area contributed by atoms with Crippen LogP contribution in [-0.2, 0) is 0 Å². The minimum atomic E-state index is -0.0115. The number of rotatable bonds is 3. The van der Waals surface area contributed by atoms with Gasteiger partial charge >= 0.3 is 0 Å². The number of carbonyl (C=O) groups excluding carboxylic acids is 1. The smallest absolute Gasteiger partial charge is 0.195 e. The molecule has 1 saturated heterocycles. The van der Waals surface area contributed by atoms with Gasteiger partial charge in [-0.25, -0.2) is 0 Å². The summed E-state index contributed by atoms with van der Waals surface area (Å²) in [5.74, 6) is 0.743. The van der Waals surface area contributed by atoms with Crippen molar-refractivity contribution >= 4 is 28.8 Å². The fourth-order valence-corrected chi connectivity index (χ4v) is 3.15. The Labute approximate surface area is 142 Å². The lowest BCUT2D eigenvalue weighted by Gasteiger charge is -2.33. The Hall–Kier alpha value is -2.00. The molecule has 0 saturated carbocycles. The summed E-state index contributed by atoms with van der Waals surface area (Å²) < 4.78 is 0. The molecule has 0 unspecified atom stereocenters. The highest BCUT2D eigenvalue weighted by molar-refractivity contribution is 6.33. The minimum Gasteiger partial charge on any atom is -0.398 e. The molecule has 1 aliphatic heterocycles. The summed E-state index contributed by atoms with van der Waals surface area (Å²) in [5.41, 5.74) is 8.58. The van der Waals surface area contributed by atoms with E-state index in [1.54, 1.807) is 18.2 Å². The Morgan fingerprint density at radius 3 is 2.57 bits per heavy atom. The normalized spacial score (nSPS) is 15.7. The van der Waals surface area contributed by atoms with Crippen molar-refractivity contribution < 1.29 is 4.79 Å². The first-order valence-corrected chi connectivity index (χ1v) is 8.38. The van der Waals surface area contributed by atoms with E-state index in [9.17, 15) is 4.79 Å². The first-order chi connectivity index (χ1) is 11.1. The van der Waals surface area contributed by atoms with E-state index >= 15 is 0 Å². The maximum absolute atomic E-state index is 12.9. The fourth-order valence-electron chi connectivity index (χ4n) is 3.03. The number of nitrogens with zero attached hydrogens (tertiary/aromatic N) is 1. The molecule has 120 valence electrons. The van der Waals surface area contributed by atoms with Crippen LogP contribution in [0.15, 0.2) is 42.5 Å². The van der Waals surface area contributed by atoms with E-state index < -0.39 is 0 Å². The summed E-state index contributed by atoms with van der Waals surface area (Å²) in [6.45, 7) is 4.27. The average Bonchev–Trinajstić information content (AvgIpc) is 2.57. The molecule has 0 atom stereocenters. The Kier molecular flexibility index (Phi) is 4.58. The number of ketones is 1. The second kappa shape index (κ2) is 6.63. The van der Waals surface area contributed by atoms with Crippen molar-refractivity contribution in [3.63, 3.8) is 0 Å². The van der Waals surface area contributed by atoms with Gasteiger partial charge in [-0.15, -0.1) is 0 Å². The maximum atomic E-state index is 12.9. The van der Waals surface area contributed by atoms with Gasteiger partial charge in [0, 0.05) is 29.9 Å². The molecule has 1 aliphatic rings. The number of hydrogen-bond acceptors (Lipinski definition) is 3. The first kappa shape index (κ1) is 15.9. The summed E-state index contributed by atoms with van der Waals surface area (Å²) in [5, 5.41) is 0.472. The molecule has 1 heterocycles. The molecule has 0 radical (unpaired) electrons. The second-order valence-electron chi connectivity index (χ2n) is 6.25. The van der Waals surface area contributed by atoms with Gasteiger partial charge in [-0.3, -0.25) is 4.79 Å². The SMILES string of the molecule is CC1CCN(c2ccccc2C(=O)c2ccc(Cl)c(N)c2)CC1. The van der Waals surface area contributed by atoms with Crippen molar-refractivity contribution in [3.8, 4) is 0 Å². The van der Waals surface area contributed by atoms with Crippen molar-refractivity contribution in [2.45, 2.75) is 19.8 Å². The van der Waals surface area contributed by atoms with Crippen LogP contribution in [0.1, 0.15) is 35.7 Å². The molecule has 3 rings (SSSR count). The van der Waals surface area contributed by atoms with Gasteiger partial charge in [0.1, 0.15) is 0 Å². The van der Waals surface area contributed by atoms with Crippen LogP contribution in [0.3, 0.4) is 0 Å². The van der Waals surface area contributed by atoms with Crippen molar-refractivity contribution in [1.29, 1.82) is 0 Å². The van der Waals surface area contributed by atoms with Crippen molar-refractivity contribution in [2.24, 2.45) is 5.92 Å². The highest BCUT2D eigenvalue weighted by Gasteiger charge is 2.21. The molecule has 2 aromatic rings. The van der Waals surface area contributed by atoms with Crippen LogP contribution in [0.5, 0.6) is 0 Å². The number of benzene rings is 2. The van der Waals surface area contributed by atoms with Gasteiger partial charge in [-0.1, -0.05) is 30.7 Å². The predicted molar refractivity (Wildman–Crippen MR) is 96.3 cm³/mol. The largest absolute Gasteiger partial charge is 0.398 e. The Bertz CT molecular complexity index is 721. The Balaban J connectivity index is 1.93. The van der Waals surface area contributed by atoms with Gasteiger partial charge in [0.2, 0.25) is 0 Å². The molecule has 0 spiro atoms. The number of anilines is 2. The van der Waals surface area contributed by atoms with Crippen LogP contribution < -0.4 is 10.6 Å². The van der Waals surface area contributed by atoms with E-state index in [0.29, 0.717) is 16.3 Å². The Morgan fingerprint density at radius 2 is 1.87 bits per heavy atom. The number of halogens is 1. The topological polar surface area (TPSA) is 46.3 Å². The molecule has 4 heteroatoms. The number of hydrogen-bond donors (Lipinski definition) is 1. The third kappa shape index (κ3) is 3.35. The molecule has 2 aromatic carbocycles. The molecule has 0 bridgehead atoms. The monoisotopic (exact) mass is 328 g/mol. The van der Waals surface area contributed by atoms with Crippen molar-refractivity contribution in [3.05, 3.63) is 58.6 Å². The lowest BCUT2D eigenvalue weighted by atomic mass is 9.96. The van der Waals surface area contributed by atoms with Crippen LogP contribution >= 0.6 is 11.6 Å². The van der Waals surface area contributed by atoms with Gasteiger partial charge in [-0.05, 0) is 49.1 Å². The second-order valence-corrected chi connectivity index (χ2v) is 6.66. The third-order valence-corrected chi connectivity index (χ3v) is 4.88. The number of carbonyl (C=O) groups is 1. The van der Waals surface area contributed by atoms with Crippen LogP contribution in [0.25, 0.3) is 0 Å². The quantitative estimate of drug-likeness (QED) is 0.671. The lowest BCUT2D eigenvalue weighted by Crippen LogP contribution is -2.33. The molecular formula is C19H21ClN2O. The molecular weight excluding hydrogens is 308 g/mol. The summed E-state index contributed by atoms with van der Waals surface area (Å²) in [4.78, 5) is 15.2. The van der Waals surface area contributed by atoms with E-state index in [2.05, 4.69) is 11.8 Å². The molecule has 3 nitrogen and oxygen atoms in total. The molecule has 0 aliphatic carbocycles. The van der Waals surface area contributed by atoms with Gasteiger partial charge in [0.15, 0.2) is 5.78 Å². The highest BCUT2D eigenvalue weighted by Crippen LogP contribution is 2.29. The van der Waals surface area contributed by atoms with Crippen LogP contribution in [0.4, 0.5) is 11.4 Å². The summed E-state index contributed by atoms with van der Waals surface area (Å²) in [6, 6.07) is 12.9. The van der Waals surface area contributed by atoms with E-state index in [1.165, 1.54) is 0 Å². The van der Waals surface area contributed by atoms with Gasteiger partial charge in [0.25, 0.3) is 0 Å². The number of nitrogen functional groups attached to an aromatic ring is 1. The summed E-state index contributed by atoms with van der Waals surface area (Å²) in [6.07, 6.45) is 2.33. The number of nitrogens with two attached hydrogens (primary N) is 1. The molecule has 23 heavy (non-hydrogen) atoms. The van der Waals surface area contributed by atoms with Crippen LogP contribution in [0.2, 0.25) is 5.02 Å². The molecule has 2 N–H and O–H groups in total. The van der Waals surface area contributed by atoms with Crippen molar-refractivity contribution in [1.82, 2.24) is 0 Å². The fraction of sp³-hybridized carbons (Fsp3) is 0.316. The van der Waals surface area contributed by atoms with Crippen LogP contribution in [0, 0.1) is 5.92 Å².